The van der Waals surface area contributed by atoms with E-state index in [2.05, 4.69) is 17.1 Å². The van der Waals surface area contributed by atoms with Crippen LogP contribution >= 0.6 is 0 Å². The number of hydrogen-bond donors (Lipinski definition) is 1. The van der Waals surface area contributed by atoms with Crippen LogP contribution in [0.5, 0.6) is 0 Å². The maximum atomic E-state index is 12.7. The molecule has 1 N–H and O–H groups in total. The van der Waals surface area contributed by atoms with E-state index < -0.39 is 0 Å². The topological polar surface area (TPSA) is 49.4 Å². The van der Waals surface area contributed by atoms with E-state index in [1.807, 2.05) is 20.8 Å². The molecular weight excluding hydrogens is 288 g/mol. The molecule has 0 bridgehead atoms. The van der Waals surface area contributed by atoms with Gasteiger partial charge in [-0.1, -0.05) is 40.5 Å². The molecule has 1 saturated heterocycles. The normalized spacial score (nSPS) is 29.5. The predicted octanol–water partition coefficient (Wildman–Crippen LogP) is 3.01. The minimum atomic E-state index is -0.356. The Labute approximate surface area is 141 Å². The Morgan fingerprint density at radius 1 is 1.04 bits per heavy atom. The molecular formula is C19H34N2O2. The number of nitrogens with zero attached hydrogens (tertiary/aromatic N) is 1. The van der Waals surface area contributed by atoms with Crippen LogP contribution in [0.1, 0.15) is 66.2 Å². The molecule has 1 aliphatic heterocycles. The molecule has 0 aromatic carbocycles. The highest BCUT2D eigenvalue weighted by Gasteiger charge is 2.40. The number of ketones is 1. The first-order chi connectivity index (χ1) is 10.8. The zero-order chi connectivity index (χ0) is 17.0. The highest BCUT2D eigenvalue weighted by atomic mass is 16.2. The van der Waals surface area contributed by atoms with Gasteiger partial charge in [-0.25, -0.2) is 0 Å². The minimum absolute atomic E-state index is 0.0883. The number of carbonyl (C=O) groups excluding carboxylic acids is 2. The van der Waals surface area contributed by atoms with Crippen molar-refractivity contribution < 1.29 is 9.59 Å². The van der Waals surface area contributed by atoms with Gasteiger partial charge in [0, 0.05) is 29.8 Å². The molecule has 1 aliphatic carbocycles. The van der Waals surface area contributed by atoms with Crippen molar-refractivity contribution in [2.24, 2.45) is 17.3 Å². The summed E-state index contributed by atoms with van der Waals surface area (Å²) in [6.07, 6.45) is 6.27. The lowest BCUT2D eigenvalue weighted by molar-refractivity contribution is -0.140. The van der Waals surface area contributed by atoms with E-state index in [0.29, 0.717) is 6.04 Å². The van der Waals surface area contributed by atoms with Gasteiger partial charge in [0.05, 0.1) is 0 Å². The number of Topliss-reactive ketones (excluding diaryl/α,β-unsaturated/α-hetero) is 1. The Morgan fingerprint density at radius 2 is 1.70 bits per heavy atom. The molecule has 3 atom stereocenters. The summed E-state index contributed by atoms with van der Waals surface area (Å²) < 4.78 is 0. The van der Waals surface area contributed by atoms with E-state index in [-0.39, 0.29) is 28.9 Å². The van der Waals surface area contributed by atoms with Crippen LogP contribution in [0.3, 0.4) is 0 Å². The van der Waals surface area contributed by atoms with Crippen molar-refractivity contribution in [3.05, 3.63) is 0 Å². The standard InChI is InChI=1S/C19H34N2O2/c1-5-21-12-8-9-14(21)13-20-18(23)16-11-7-6-10-15(16)17(22)19(2,3)4/h14-16H,5-13H2,1-4H3,(H,20,23)/t14-,15-,16+/m1/s1. The SMILES string of the molecule is CCN1CCC[C@@H]1CNC(=O)[C@H]1CCCC[C@H]1C(=O)C(C)(C)C. The zero-order valence-corrected chi connectivity index (χ0v) is 15.4. The highest BCUT2D eigenvalue weighted by molar-refractivity contribution is 5.91. The molecule has 2 rings (SSSR count). The van der Waals surface area contributed by atoms with Crippen LogP contribution in [0, 0.1) is 17.3 Å². The lowest BCUT2D eigenvalue weighted by Gasteiger charge is -2.34. The van der Waals surface area contributed by atoms with Crippen molar-refractivity contribution in [1.29, 1.82) is 0 Å². The van der Waals surface area contributed by atoms with Gasteiger partial charge in [0.1, 0.15) is 5.78 Å². The van der Waals surface area contributed by atoms with Gasteiger partial charge in [0.2, 0.25) is 5.91 Å². The first-order valence-electron chi connectivity index (χ1n) is 9.40. The molecule has 0 unspecified atom stereocenters. The lowest BCUT2D eigenvalue weighted by atomic mass is 9.70. The first-order valence-corrected chi connectivity index (χ1v) is 9.40. The lowest BCUT2D eigenvalue weighted by Crippen LogP contribution is -2.46. The number of nitrogens with one attached hydrogen (secondary N) is 1. The molecule has 0 aromatic rings. The van der Waals surface area contributed by atoms with Crippen LogP contribution in [0.2, 0.25) is 0 Å². The number of rotatable bonds is 5. The van der Waals surface area contributed by atoms with Gasteiger partial charge in [-0.2, -0.15) is 0 Å². The van der Waals surface area contributed by atoms with Gasteiger partial charge in [0.25, 0.3) is 0 Å². The van der Waals surface area contributed by atoms with Crippen molar-refractivity contribution in [2.75, 3.05) is 19.6 Å². The number of likely N-dealkylation sites (N-methyl/N-ethyl adjacent to an activating group) is 1. The molecule has 1 amide bonds. The monoisotopic (exact) mass is 322 g/mol. The van der Waals surface area contributed by atoms with Crippen LogP contribution in [0.25, 0.3) is 0 Å². The molecule has 0 aromatic heterocycles. The second-order valence-electron chi connectivity index (χ2n) is 8.28. The summed E-state index contributed by atoms with van der Waals surface area (Å²) in [5, 5.41) is 3.16. The third-order valence-corrected chi connectivity index (χ3v) is 5.60. The molecule has 0 radical (unpaired) electrons. The van der Waals surface area contributed by atoms with Crippen molar-refractivity contribution in [3.63, 3.8) is 0 Å². The van der Waals surface area contributed by atoms with Crippen molar-refractivity contribution in [1.82, 2.24) is 10.2 Å². The van der Waals surface area contributed by atoms with E-state index in [1.165, 1.54) is 12.8 Å². The average Bonchev–Trinajstić information content (AvgIpc) is 2.98. The first kappa shape index (κ1) is 18.4. The quantitative estimate of drug-likeness (QED) is 0.846. The summed E-state index contributed by atoms with van der Waals surface area (Å²) in [6, 6.07) is 0.476. The Kier molecular flexibility index (Phi) is 6.24. The summed E-state index contributed by atoms with van der Waals surface area (Å²) in [4.78, 5) is 27.9. The number of carbonyl (C=O) groups is 2. The Morgan fingerprint density at radius 3 is 2.30 bits per heavy atom. The summed E-state index contributed by atoms with van der Waals surface area (Å²) in [5.74, 6) is 0.158. The van der Waals surface area contributed by atoms with E-state index in [4.69, 9.17) is 0 Å². The smallest absolute Gasteiger partial charge is 0.223 e. The van der Waals surface area contributed by atoms with Crippen molar-refractivity contribution >= 4 is 11.7 Å². The van der Waals surface area contributed by atoms with Crippen LogP contribution in [0.4, 0.5) is 0 Å². The fraction of sp³-hybridized carbons (Fsp3) is 0.895. The third kappa shape index (κ3) is 4.56. The van der Waals surface area contributed by atoms with Gasteiger partial charge in [-0.15, -0.1) is 0 Å². The third-order valence-electron chi connectivity index (χ3n) is 5.60. The summed E-state index contributed by atoms with van der Waals surface area (Å²) in [5.41, 5.74) is -0.356. The van der Waals surface area contributed by atoms with Gasteiger partial charge in [-0.3, -0.25) is 14.5 Å². The molecule has 2 aliphatic rings. The fourth-order valence-electron chi connectivity index (χ4n) is 4.21. The molecule has 132 valence electrons. The number of amides is 1. The van der Waals surface area contributed by atoms with Crippen LogP contribution in [0.15, 0.2) is 0 Å². The minimum Gasteiger partial charge on any atom is -0.354 e. The van der Waals surface area contributed by atoms with Gasteiger partial charge in [-0.05, 0) is 38.8 Å². The average molecular weight is 322 g/mol. The Balaban J connectivity index is 1.94. The molecule has 23 heavy (non-hydrogen) atoms. The second-order valence-corrected chi connectivity index (χ2v) is 8.28. The van der Waals surface area contributed by atoms with E-state index in [1.54, 1.807) is 0 Å². The van der Waals surface area contributed by atoms with Crippen LogP contribution < -0.4 is 5.32 Å². The zero-order valence-electron chi connectivity index (χ0n) is 15.4. The largest absolute Gasteiger partial charge is 0.354 e. The predicted molar refractivity (Wildman–Crippen MR) is 93.2 cm³/mol. The van der Waals surface area contributed by atoms with Crippen LogP contribution in [-0.2, 0) is 9.59 Å². The molecule has 4 nitrogen and oxygen atoms in total. The van der Waals surface area contributed by atoms with Gasteiger partial charge >= 0.3 is 0 Å². The van der Waals surface area contributed by atoms with Crippen molar-refractivity contribution in [3.8, 4) is 0 Å². The van der Waals surface area contributed by atoms with Gasteiger partial charge in [0.15, 0.2) is 0 Å². The molecule has 1 heterocycles. The summed E-state index contributed by atoms with van der Waals surface area (Å²) >= 11 is 0. The molecule has 1 saturated carbocycles. The Bertz CT molecular complexity index is 428. The van der Waals surface area contributed by atoms with E-state index in [9.17, 15) is 9.59 Å². The highest BCUT2D eigenvalue weighted by Crippen LogP contribution is 2.35. The van der Waals surface area contributed by atoms with Crippen LogP contribution in [-0.4, -0.2) is 42.3 Å². The van der Waals surface area contributed by atoms with E-state index in [0.717, 1.165) is 45.3 Å². The number of likely N-dealkylation sites (tertiary alicyclic amines) is 1. The van der Waals surface area contributed by atoms with Crippen molar-refractivity contribution in [2.45, 2.75) is 72.3 Å². The summed E-state index contributed by atoms with van der Waals surface area (Å²) in [6.45, 7) is 11.0. The maximum absolute atomic E-state index is 12.7. The summed E-state index contributed by atoms with van der Waals surface area (Å²) in [7, 11) is 0. The Hall–Kier alpha value is -0.900. The second kappa shape index (κ2) is 7.78. The van der Waals surface area contributed by atoms with Gasteiger partial charge < -0.3 is 5.32 Å². The van der Waals surface area contributed by atoms with E-state index >= 15 is 0 Å². The molecule has 0 spiro atoms. The maximum Gasteiger partial charge on any atom is 0.223 e. The fourth-order valence-corrected chi connectivity index (χ4v) is 4.21. The number of hydrogen-bond acceptors (Lipinski definition) is 3. The molecule has 4 heteroatoms. The molecule has 2 fully saturated rings.